The molecular formula is C14H27N3O. The zero-order chi connectivity index (χ0) is 13.1. The molecule has 2 fully saturated rings. The molecule has 0 aliphatic carbocycles. The van der Waals surface area contributed by atoms with Crippen LogP contribution < -0.4 is 0 Å². The zero-order valence-electron chi connectivity index (χ0n) is 12.1. The second-order valence-electron chi connectivity index (χ2n) is 5.77. The second kappa shape index (κ2) is 5.91. The van der Waals surface area contributed by atoms with Gasteiger partial charge in [0.2, 0.25) is 0 Å². The van der Waals surface area contributed by atoms with Crippen molar-refractivity contribution in [1.82, 2.24) is 14.7 Å². The van der Waals surface area contributed by atoms with E-state index >= 15 is 0 Å². The largest absolute Gasteiger partial charge is 0.325 e. The predicted octanol–water partition coefficient (Wildman–Crippen LogP) is 2.01. The summed E-state index contributed by atoms with van der Waals surface area (Å²) < 4.78 is 0. The van der Waals surface area contributed by atoms with Gasteiger partial charge in [-0.3, -0.25) is 0 Å². The topological polar surface area (TPSA) is 26.8 Å². The van der Waals surface area contributed by atoms with Crippen molar-refractivity contribution >= 4 is 6.03 Å². The highest BCUT2D eigenvalue weighted by Gasteiger charge is 2.32. The first-order chi connectivity index (χ1) is 8.63. The molecule has 0 spiro atoms. The third kappa shape index (κ3) is 2.79. The third-order valence-corrected chi connectivity index (χ3v) is 4.40. The van der Waals surface area contributed by atoms with Crippen LogP contribution in [0.4, 0.5) is 4.79 Å². The molecule has 2 aliphatic rings. The minimum atomic E-state index is 0.270. The van der Waals surface area contributed by atoms with E-state index in [0.717, 1.165) is 52.0 Å². The molecule has 0 saturated carbocycles. The van der Waals surface area contributed by atoms with E-state index in [0.29, 0.717) is 12.1 Å². The van der Waals surface area contributed by atoms with Crippen LogP contribution in [0.25, 0.3) is 0 Å². The Hall–Kier alpha value is -0.770. The molecule has 2 aliphatic heterocycles. The summed E-state index contributed by atoms with van der Waals surface area (Å²) in [6, 6.07) is 1.38. The molecule has 104 valence electrons. The molecule has 0 aromatic heterocycles. The summed E-state index contributed by atoms with van der Waals surface area (Å²) in [4.78, 5) is 18.9. The number of hydrogen-bond donors (Lipinski definition) is 0. The van der Waals surface area contributed by atoms with Gasteiger partial charge in [-0.05, 0) is 40.0 Å². The normalized spacial score (nSPS) is 24.1. The molecule has 0 unspecified atom stereocenters. The SMILES string of the molecule is CCN1CCCN(C2CCN(C(C)C)CC2)C1=O. The summed E-state index contributed by atoms with van der Waals surface area (Å²) >= 11 is 0. The van der Waals surface area contributed by atoms with Crippen molar-refractivity contribution in [2.45, 2.75) is 52.1 Å². The fourth-order valence-electron chi connectivity index (χ4n) is 3.15. The summed E-state index contributed by atoms with van der Waals surface area (Å²) in [6.07, 6.45) is 3.41. The van der Waals surface area contributed by atoms with E-state index in [1.54, 1.807) is 0 Å². The number of piperidine rings is 1. The number of hydrogen-bond acceptors (Lipinski definition) is 2. The van der Waals surface area contributed by atoms with Gasteiger partial charge >= 0.3 is 6.03 Å². The van der Waals surface area contributed by atoms with E-state index in [9.17, 15) is 4.79 Å². The highest BCUT2D eigenvalue weighted by atomic mass is 16.2. The van der Waals surface area contributed by atoms with Crippen molar-refractivity contribution in [1.29, 1.82) is 0 Å². The van der Waals surface area contributed by atoms with Crippen molar-refractivity contribution < 1.29 is 4.79 Å². The molecule has 2 heterocycles. The Labute approximate surface area is 111 Å². The Bertz CT molecular complexity index is 285. The molecule has 0 aromatic rings. The third-order valence-electron chi connectivity index (χ3n) is 4.40. The number of urea groups is 1. The average molecular weight is 253 g/mol. The smallest absolute Gasteiger partial charge is 0.320 e. The Balaban J connectivity index is 1.90. The van der Waals surface area contributed by atoms with Crippen LogP contribution in [0.1, 0.15) is 40.0 Å². The highest BCUT2D eigenvalue weighted by Crippen LogP contribution is 2.22. The molecule has 0 bridgehead atoms. The molecule has 2 saturated heterocycles. The Morgan fingerprint density at radius 1 is 1.17 bits per heavy atom. The van der Waals surface area contributed by atoms with Gasteiger partial charge in [-0.15, -0.1) is 0 Å². The maximum atomic E-state index is 12.3. The standard InChI is InChI=1S/C14H27N3O/c1-4-15-8-5-9-17(14(15)18)13-6-10-16(11-7-13)12(2)3/h12-13H,4-11H2,1-3H3. The summed E-state index contributed by atoms with van der Waals surface area (Å²) in [5.41, 5.74) is 0. The van der Waals surface area contributed by atoms with Gasteiger partial charge in [0.15, 0.2) is 0 Å². The van der Waals surface area contributed by atoms with Crippen LogP contribution in [-0.4, -0.2) is 65.5 Å². The van der Waals surface area contributed by atoms with E-state index in [1.807, 2.05) is 4.90 Å². The number of nitrogens with zero attached hydrogens (tertiary/aromatic N) is 3. The van der Waals surface area contributed by atoms with Crippen LogP contribution in [0.3, 0.4) is 0 Å². The van der Waals surface area contributed by atoms with Gasteiger partial charge in [0.25, 0.3) is 0 Å². The number of carbonyl (C=O) groups excluding carboxylic acids is 1. The molecule has 0 aromatic carbocycles. The number of rotatable bonds is 3. The lowest BCUT2D eigenvalue weighted by Crippen LogP contribution is -2.56. The zero-order valence-corrected chi connectivity index (χ0v) is 12.1. The van der Waals surface area contributed by atoms with Crippen LogP contribution in [0.15, 0.2) is 0 Å². The fraction of sp³-hybridized carbons (Fsp3) is 0.929. The molecule has 0 radical (unpaired) electrons. The van der Waals surface area contributed by atoms with E-state index in [2.05, 4.69) is 30.6 Å². The first-order valence-electron chi connectivity index (χ1n) is 7.43. The highest BCUT2D eigenvalue weighted by molar-refractivity contribution is 5.75. The summed E-state index contributed by atoms with van der Waals surface area (Å²) in [7, 11) is 0. The van der Waals surface area contributed by atoms with Gasteiger partial charge in [-0.25, -0.2) is 4.79 Å². The minimum Gasteiger partial charge on any atom is -0.325 e. The Morgan fingerprint density at radius 3 is 2.39 bits per heavy atom. The molecular weight excluding hydrogens is 226 g/mol. The molecule has 2 rings (SSSR count). The number of carbonyl (C=O) groups is 1. The van der Waals surface area contributed by atoms with E-state index < -0.39 is 0 Å². The Kier molecular flexibility index (Phi) is 4.49. The summed E-state index contributed by atoms with van der Waals surface area (Å²) in [6.45, 7) is 11.6. The number of likely N-dealkylation sites (tertiary alicyclic amines) is 1. The second-order valence-corrected chi connectivity index (χ2v) is 5.77. The maximum absolute atomic E-state index is 12.3. The van der Waals surface area contributed by atoms with Gasteiger partial charge in [-0.1, -0.05) is 0 Å². The van der Waals surface area contributed by atoms with Crippen LogP contribution in [-0.2, 0) is 0 Å². The van der Waals surface area contributed by atoms with E-state index in [4.69, 9.17) is 0 Å². The van der Waals surface area contributed by atoms with Crippen molar-refractivity contribution in [2.75, 3.05) is 32.7 Å². The lowest BCUT2D eigenvalue weighted by Gasteiger charge is -2.44. The lowest BCUT2D eigenvalue weighted by molar-refractivity contribution is 0.0723. The van der Waals surface area contributed by atoms with Gasteiger partial charge in [0.05, 0.1) is 0 Å². The molecule has 0 atom stereocenters. The van der Waals surface area contributed by atoms with Crippen LogP contribution >= 0.6 is 0 Å². The van der Waals surface area contributed by atoms with E-state index in [-0.39, 0.29) is 6.03 Å². The number of amides is 2. The molecule has 2 amide bonds. The average Bonchev–Trinajstić information content (AvgIpc) is 2.39. The van der Waals surface area contributed by atoms with Crippen LogP contribution in [0.2, 0.25) is 0 Å². The summed E-state index contributed by atoms with van der Waals surface area (Å²) in [5, 5.41) is 0. The van der Waals surface area contributed by atoms with Gasteiger partial charge in [0, 0.05) is 44.8 Å². The predicted molar refractivity (Wildman–Crippen MR) is 73.7 cm³/mol. The van der Waals surface area contributed by atoms with Gasteiger partial charge < -0.3 is 14.7 Å². The quantitative estimate of drug-likeness (QED) is 0.769. The first-order valence-corrected chi connectivity index (χ1v) is 7.43. The summed E-state index contributed by atoms with van der Waals surface area (Å²) in [5.74, 6) is 0. The van der Waals surface area contributed by atoms with Crippen molar-refractivity contribution in [2.24, 2.45) is 0 Å². The Morgan fingerprint density at radius 2 is 1.83 bits per heavy atom. The molecule has 4 heteroatoms. The van der Waals surface area contributed by atoms with Crippen molar-refractivity contribution in [3.05, 3.63) is 0 Å². The van der Waals surface area contributed by atoms with Crippen molar-refractivity contribution in [3.8, 4) is 0 Å². The van der Waals surface area contributed by atoms with Crippen LogP contribution in [0, 0.1) is 0 Å². The molecule has 4 nitrogen and oxygen atoms in total. The fourth-order valence-corrected chi connectivity index (χ4v) is 3.15. The maximum Gasteiger partial charge on any atom is 0.320 e. The molecule has 0 N–H and O–H groups in total. The minimum absolute atomic E-state index is 0.270. The van der Waals surface area contributed by atoms with Crippen LogP contribution in [0.5, 0.6) is 0 Å². The van der Waals surface area contributed by atoms with E-state index in [1.165, 1.54) is 0 Å². The van der Waals surface area contributed by atoms with Crippen molar-refractivity contribution in [3.63, 3.8) is 0 Å². The van der Waals surface area contributed by atoms with Gasteiger partial charge in [0.1, 0.15) is 0 Å². The van der Waals surface area contributed by atoms with Gasteiger partial charge in [-0.2, -0.15) is 0 Å². The monoisotopic (exact) mass is 253 g/mol. The lowest BCUT2D eigenvalue weighted by atomic mass is 10.0. The molecule has 18 heavy (non-hydrogen) atoms. The first kappa shape index (κ1) is 13.7.